The van der Waals surface area contributed by atoms with Gasteiger partial charge in [-0.2, -0.15) is 0 Å². The van der Waals surface area contributed by atoms with Crippen molar-refractivity contribution in [2.75, 3.05) is 20.3 Å². The van der Waals surface area contributed by atoms with Gasteiger partial charge in [0.05, 0.1) is 31.9 Å². The molecule has 1 unspecified atom stereocenters. The van der Waals surface area contributed by atoms with Crippen LogP contribution in [0.2, 0.25) is 0 Å². The molecule has 1 N–H and O–H groups in total. The number of carbonyl (C=O) groups is 2. The van der Waals surface area contributed by atoms with Crippen molar-refractivity contribution in [1.29, 1.82) is 0 Å². The highest BCUT2D eigenvalue weighted by atomic mass is 19.1. The number of methoxy groups -OCH3 is 1. The van der Waals surface area contributed by atoms with E-state index in [1.165, 1.54) is 24.1 Å². The Morgan fingerprint density at radius 2 is 1.54 bits per heavy atom. The van der Waals surface area contributed by atoms with Gasteiger partial charge in [-0.25, -0.2) is 4.39 Å². The van der Waals surface area contributed by atoms with Crippen molar-refractivity contribution in [3.05, 3.63) is 94.3 Å². The second kappa shape index (κ2) is 12.0. The Morgan fingerprint density at radius 3 is 2.15 bits per heavy atom. The number of benzene rings is 3. The molecule has 1 amide bonds. The Morgan fingerprint density at radius 1 is 0.902 bits per heavy atom. The minimum absolute atomic E-state index is 0.0266. The molecule has 1 aliphatic rings. The standard InChI is InChI=1S/C33H36FNO6/c1-7-40-25-15-12-22(17-24(25)33(3,4)5)30(36)28-29(21-11-16-26(39-6)27(18-21)41-8-2)35(32(38)31(28)37)19-20-9-13-23(34)14-10-20/h9-18,29,36H,7-8,19H2,1-6H3/b30-28+. The topological polar surface area (TPSA) is 85.3 Å². The number of likely N-dealkylation sites (tertiary alicyclic amines) is 1. The number of halogens is 1. The van der Waals surface area contributed by atoms with Gasteiger partial charge in [-0.15, -0.1) is 0 Å². The van der Waals surface area contributed by atoms with Crippen molar-refractivity contribution in [3.8, 4) is 17.2 Å². The molecule has 1 heterocycles. The summed E-state index contributed by atoms with van der Waals surface area (Å²) in [5.41, 5.74) is 2.06. The summed E-state index contributed by atoms with van der Waals surface area (Å²) in [6.45, 7) is 10.7. The fourth-order valence-corrected chi connectivity index (χ4v) is 5.01. The van der Waals surface area contributed by atoms with E-state index in [1.54, 1.807) is 48.5 Å². The molecule has 0 bridgehead atoms. The van der Waals surface area contributed by atoms with Crippen LogP contribution in [0, 0.1) is 5.82 Å². The minimum Gasteiger partial charge on any atom is -0.507 e. The molecular formula is C33H36FNO6. The average molecular weight is 562 g/mol. The van der Waals surface area contributed by atoms with E-state index >= 15 is 0 Å². The summed E-state index contributed by atoms with van der Waals surface area (Å²) in [4.78, 5) is 28.5. The van der Waals surface area contributed by atoms with E-state index in [4.69, 9.17) is 14.2 Å². The summed E-state index contributed by atoms with van der Waals surface area (Å²) in [7, 11) is 1.52. The summed E-state index contributed by atoms with van der Waals surface area (Å²) >= 11 is 0. The third-order valence-corrected chi connectivity index (χ3v) is 6.97. The molecule has 7 nitrogen and oxygen atoms in total. The molecule has 0 aromatic heterocycles. The predicted molar refractivity (Wildman–Crippen MR) is 155 cm³/mol. The lowest BCUT2D eigenvalue weighted by atomic mass is 9.84. The number of hydrogen-bond donors (Lipinski definition) is 1. The molecule has 0 saturated carbocycles. The first-order valence-electron chi connectivity index (χ1n) is 13.6. The van der Waals surface area contributed by atoms with Gasteiger partial charge in [0.25, 0.3) is 11.7 Å². The van der Waals surface area contributed by atoms with Crippen molar-refractivity contribution in [1.82, 2.24) is 4.90 Å². The van der Waals surface area contributed by atoms with Gasteiger partial charge in [0.2, 0.25) is 0 Å². The van der Waals surface area contributed by atoms with Crippen LogP contribution in [0.1, 0.15) is 62.9 Å². The number of ether oxygens (including phenoxy) is 3. The highest BCUT2D eigenvalue weighted by Gasteiger charge is 2.46. The molecule has 1 saturated heterocycles. The van der Waals surface area contributed by atoms with Crippen LogP contribution in [0.25, 0.3) is 5.76 Å². The molecular weight excluding hydrogens is 525 g/mol. The van der Waals surface area contributed by atoms with Gasteiger partial charge in [0.15, 0.2) is 11.5 Å². The number of amides is 1. The number of carbonyl (C=O) groups excluding carboxylic acids is 2. The largest absolute Gasteiger partial charge is 0.507 e. The van der Waals surface area contributed by atoms with E-state index < -0.39 is 23.5 Å². The van der Waals surface area contributed by atoms with Crippen LogP contribution in [-0.4, -0.2) is 42.0 Å². The normalized spacial score (nSPS) is 16.7. The lowest BCUT2D eigenvalue weighted by Gasteiger charge is -2.26. The molecule has 3 aromatic carbocycles. The van der Waals surface area contributed by atoms with Crippen molar-refractivity contribution in [2.24, 2.45) is 0 Å². The van der Waals surface area contributed by atoms with E-state index in [-0.39, 0.29) is 23.3 Å². The van der Waals surface area contributed by atoms with Crippen LogP contribution in [0.5, 0.6) is 17.2 Å². The second-order valence-electron chi connectivity index (χ2n) is 10.8. The molecule has 0 radical (unpaired) electrons. The Hall–Kier alpha value is -4.33. The first-order valence-corrected chi connectivity index (χ1v) is 13.6. The molecule has 216 valence electrons. The van der Waals surface area contributed by atoms with Crippen molar-refractivity contribution in [2.45, 2.75) is 52.6 Å². The maximum atomic E-state index is 13.6. The van der Waals surface area contributed by atoms with Crippen LogP contribution < -0.4 is 14.2 Å². The van der Waals surface area contributed by atoms with Gasteiger partial charge in [-0.05, 0) is 72.9 Å². The lowest BCUT2D eigenvalue weighted by Crippen LogP contribution is -2.29. The lowest BCUT2D eigenvalue weighted by molar-refractivity contribution is -0.140. The first-order chi connectivity index (χ1) is 19.5. The minimum atomic E-state index is -0.935. The monoisotopic (exact) mass is 561 g/mol. The number of nitrogens with zero attached hydrogens (tertiary/aromatic N) is 1. The van der Waals surface area contributed by atoms with E-state index in [9.17, 15) is 19.1 Å². The Labute approximate surface area is 240 Å². The van der Waals surface area contributed by atoms with E-state index in [1.807, 2.05) is 34.6 Å². The van der Waals surface area contributed by atoms with Crippen LogP contribution in [-0.2, 0) is 21.5 Å². The van der Waals surface area contributed by atoms with Crippen molar-refractivity contribution < 1.29 is 33.3 Å². The van der Waals surface area contributed by atoms with Gasteiger partial charge in [0.1, 0.15) is 17.3 Å². The molecule has 1 fully saturated rings. The van der Waals surface area contributed by atoms with Crippen LogP contribution >= 0.6 is 0 Å². The zero-order valence-corrected chi connectivity index (χ0v) is 24.3. The van der Waals surface area contributed by atoms with Crippen LogP contribution in [0.4, 0.5) is 4.39 Å². The molecule has 8 heteroatoms. The van der Waals surface area contributed by atoms with E-state index in [0.717, 1.165) is 5.56 Å². The van der Waals surface area contributed by atoms with Gasteiger partial charge in [-0.1, -0.05) is 39.0 Å². The molecule has 41 heavy (non-hydrogen) atoms. The molecule has 0 spiro atoms. The zero-order chi connectivity index (χ0) is 29.9. The molecule has 4 rings (SSSR count). The second-order valence-corrected chi connectivity index (χ2v) is 10.8. The quantitative estimate of drug-likeness (QED) is 0.181. The number of hydrogen-bond acceptors (Lipinski definition) is 6. The maximum Gasteiger partial charge on any atom is 0.295 e. The molecule has 3 aromatic rings. The first kappa shape index (κ1) is 29.6. The molecule has 1 aliphatic heterocycles. The van der Waals surface area contributed by atoms with E-state index in [0.29, 0.717) is 47.2 Å². The third kappa shape index (κ3) is 6.06. The highest BCUT2D eigenvalue weighted by molar-refractivity contribution is 6.46. The summed E-state index contributed by atoms with van der Waals surface area (Å²) in [5, 5.41) is 11.7. The Balaban J connectivity index is 1.92. The number of rotatable bonds is 9. The fraction of sp³-hybridized carbons (Fsp3) is 0.333. The van der Waals surface area contributed by atoms with Crippen LogP contribution in [0.15, 0.2) is 66.2 Å². The van der Waals surface area contributed by atoms with Gasteiger partial charge < -0.3 is 24.2 Å². The van der Waals surface area contributed by atoms with E-state index in [2.05, 4.69) is 0 Å². The Kier molecular flexibility index (Phi) is 8.71. The van der Waals surface area contributed by atoms with Crippen LogP contribution in [0.3, 0.4) is 0 Å². The predicted octanol–water partition coefficient (Wildman–Crippen LogP) is 6.55. The Bertz CT molecular complexity index is 1470. The average Bonchev–Trinajstić information content (AvgIpc) is 3.18. The smallest absolute Gasteiger partial charge is 0.295 e. The summed E-state index contributed by atoms with van der Waals surface area (Å²) in [5.74, 6) is -0.665. The summed E-state index contributed by atoms with van der Waals surface area (Å²) in [6, 6.07) is 15.2. The van der Waals surface area contributed by atoms with Crippen molar-refractivity contribution in [3.63, 3.8) is 0 Å². The number of aliphatic hydroxyl groups excluding tert-OH is 1. The maximum absolute atomic E-state index is 13.6. The summed E-state index contributed by atoms with van der Waals surface area (Å²) < 4.78 is 30.6. The zero-order valence-electron chi connectivity index (χ0n) is 24.3. The molecule has 0 aliphatic carbocycles. The summed E-state index contributed by atoms with van der Waals surface area (Å²) in [6.07, 6.45) is 0. The number of Topliss-reactive ketones (excluding diaryl/α,β-unsaturated/α-hetero) is 1. The fourth-order valence-electron chi connectivity index (χ4n) is 5.01. The van der Waals surface area contributed by atoms with Gasteiger partial charge in [-0.3, -0.25) is 9.59 Å². The third-order valence-electron chi connectivity index (χ3n) is 6.97. The SMILES string of the molecule is CCOc1cc(C2/C(=C(\O)c3ccc(OCC)c(C(C)(C)C)c3)C(=O)C(=O)N2Cc2ccc(F)cc2)ccc1OC. The van der Waals surface area contributed by atoms with Crippen molar-refractivity contribution >= 4 is 17.4 Å². The van der Waals surface area contributed by atoms with Gasteiger partial charge >= 0.3 is 0 Å². The highest BCUT2D eigenvalue weighted by Crippen LogP contribution is 2.43. The number of ketones is 1. The number of aliphatic hydroxyl groups is 1. The molecule has 1 atom stereocenters. The van der Waals surface area contributed by atoms with Gasteiger partial charge in [0, 0.05) is 17.7 Å².